The third-order valence-corrected chi connectivity index (χ3v) is 3.40. The van der Waals surface area contributed by atoms with Gasteiger partial charge in [-0.2, -0.15) is 0 Å². The molecular weight excluding hydrogens is 282 g/mol. The molecule has 0 aliphatic rings. The van der Waals surface area contributed by atoms with E-state index >= 15 is 0 Å². The van der Waals surface area contributed by atoms with Crippen molar-refractivity contribution in [2.75, 3.05) is 18.5 Å². The fraction of sp³-hybridized carbons (Fsp3) is 0.333. The third-order valence-electron chi connectivity index (χ3n) is 2.61. The van der Waals surface area contributed by atoms with Gasteiger partial charge in [0, 0.05) is 6.54 Å². The molecule has 1 aromatic heterocycles. The van der Waals surface area contributed by atoms with Gasteiger partial charge in [-0.1, -0.05) is 0 Å². The lowest BCUT2D eigenvalue weighted by molar-refractivity contribution is -0.382. The molecule has 1 aromatic carbocycles. The van der Waals surface area contributed by atoms with Crippen LogP contribution in [-0.4, -0.2) is 29.0 Å². The molecular formula is C12H13N3O4S. The largest absolute Gasteiger partial charge is 0.466 e. The van der Waals surface area contributed by atoms with E-state index in [1.54, 1.807) is 24.6 Å². The number of carbonyl (C=O) groups excluding carboxylic acids is 1. The average Bonchev–Trinajstić information content (AvgIpc) is 2.86. The van der Waals surface area contributed by atoms with Crippen LogP contribution in [0.15, 0.2) is 17.6 Å². The molecule has 8 heteroatoms. The molecule has 0 spiro atoms. The quantitative estimate of drug-likeness (QED) is 0.500. The number of anilines is 1. The Morgan fingerprint density at radius 1 is 1.55 bits per heavy atom. The van der Waals surface area contributed by atoms with E-state index in [2.05, 4.69) is 10.3 Å². The topological polar surface area (TPSA) is 94.4 Å². The van der Waals surface area contributed by atoms with Gasteiger partial charge in [-0.25, -0.2) is 4.98 Å². The van der Waals surface area contributed by atoms with Crippen molar-refractivity contribution in [3.05, 3.63) is 27.8 Å². The van der Waals surface area contributed by atoms with Crippen LogP contribution in [0.3, 0.4) is 0 Å². The van der Waals surface area contributed by atoms with Crippen LogP contribution >= 0.6 is 11.3 Å². The van der Waals surface area contributed by atoms with E-state index in [0.29, 0.717) is 17.8 Å². The summed E-state index contributed by atoms with van der Waals surface area (Å²) in [6.07, 6.45) is 0.153. The average molecular weight is 295 g/mol. The Morgan fingerprint density at radius 2 is 2.35 bits per heavy atom. The van der Waals surface area contributed by atoms with Crippen molar-refractivity contribution in [1.82, 2.24) is 4.98 Å². The van der Waals surface area contributed by atoms with Gasteiger partial charge >= 0.3 is 11.7 Å². The lowest BCUT2D eigenvalue weighted by atomic mass is 10.2. The molecule has 0 atom stereocenters. The number of thiazole rings is 1. The summed E-state index contributed by atoms with van der Waals surface area (Å²) in [6, 6.07) is 3.40. The Labute approximate surface area is 118 Å². The van der Waals surface area contributed by atoms with Crippen LogP contribution in [0.1, 0.15) is 13.3 Å². The molecule has 2 rings (SSSR count). The zero-order chi connectivity index (χ0) is 14.5. The molecule has 0 saturated heterocycles. The van der Waals surface area contributed by atoms with Crippen molar-refractivity contribution < 1.29 is 14.5 Å². The number of benzene rings is 1. The summed E-state index contributed by atoms with van der Waals surface area (Å²) in [5.41, 5.74) is 2.23. The summed E-state index contributed by atoms with van der Waals surface area (Å²) in [4.78, 5) is 25.9. The van der Waals surface area contributed by atoms with Crippen LogP contribution in [0.2, 0.25) is 0 Å². The summed E-state index contributed by atoms with van der Waals surface area (Å²) in [6.45, 7) is 2.32. The molecule has 2 aromatic rings. The number of esters is 1. The fourth-order valence-corrected chi connectivity index (χ4v) is 2.46. The maximum Gasteiger partial charge on any atom is 0.319 e. The van der Waals surface area contributed by atoms with Gasteiger partial charge in [-0.05, 0) is 19.1 Å². The van der Waals surface area contributed by atoms with Gasteiger partial charge in [-0.15, -0.1) is 11.3 Å². The molecule has 0 unspecified atom stereocenters. The monoisotopic (exact) mass is 295 g/mol. The minimum absolute atomic E-state index is 0.0624. The summed E-state index contributed by atoms with van der Waals surface area (Å²) in [5, 5.41) is 14.1. The molecule has 0 fully saturated rings. The molecule has 0 aliphatic heterocycles. The van der Waals surface area contributed by atoms with Crippen LogP contribution in [0.25, 0.3) is 10.2 Å². The van der Waals surface area contributed by atoms with Crippen molar-refractivity contribution in [1.29, 1.82) is 0 Å². The van der Waals surface area contributed by atoms with Gasteiger partial charge in [0.2, 0.25) is 0 Å². The second-order valence-corrected chi connectivity index (χ2v) is 4.79. The lowest BCUT2D eigenvalue weighted by Gasteiger charge is -2.07. The Morgan fingerprint density at radius 3 is 3.05 bits per heavy atom. The second kappa shape index (κ2) is 6.29. The highest BCUT2D eigenvalue weighted by molar-refractivity contribution is 7.16. The first-order valence-electron chi connectivity index (χ1n) is 6.03. The smallest absolute Gasteiger partial charge is 0.319 e. The number of rotatable bonds is 6. The highest BCUT2D eigenvalue weighted by Crippen LogP contribution is 2.34. The van der Waals surface area contributed by atoms with Crippen LogP contribution in [0, 0.1) is 10.1 Å². The zero-order valence-electron chi connectivity index (χ0n) is 10.8. The first-order chi connectivity index (χ1) is 9.63. The maximum absolute atomic E-state index is 11.2. The van der Waals surface area contributed by atoms with Crippen molar-refractivity contribution >= 4 is 38.9 Å². The Kier molecular flexibility index (Phi) is 4.46. The van der Waals surface area contributed by atoms with E-state index in [9.17, 15) is 14.9 Å². The van der Waals surface area contributed by atoms with Crippen molar-refractivity contribution in [3.8, 4) is 0 Å². The van der Waals surface area contributed by atoms with E-state index < -0.39 is 4.92 Å². The summed E-state index contributed by atoms with van der Waals surface area (Å²) in [5.74, 6) is -0.336. The van der Waals surface area contributed by atoms with Gasteiger partial charge in [0.05, 0.1) is 28.2 Å². The van der Waals surface area contributed by atoms with Gasteiger partial charge in [0.15, 0.2) is 5.52 Å². The highest BCUT2D eigenvalue weighted by Gasteiger charge is 2.20. The van der Waals surface area contributed by atoms with E-state index in [4.69, 9.17) is 4.74 Å². The van der Waals surface area contributed by atoms with Crippen molar-refractivity contribution in [2.45, 2.75) is 13.3 Å². The summed E-state index contributed by atoms with van der Waals surface area (Å²) < 4.78 is 5.55. The Hall–Kier alpha value is -2.22. The minimum Gasteiger partial charge on any atom is -0.466 e. The van der Waals surface area contributed by atoms with Crippen LogP contribution in [-0.2, 0) is 9.53 Å². The standard InChI is InChI=1S/C12H13N3O4S/c1-2-19-10(16)5-6-13-8-3-4-9-11(14-7-20-9)12(8)15(17)18/h3-4,7,13H,2,5-6H2,1H3. The number of nitro groups is 1. The van der Waals surface area contributed by atoms with E-state index in [-0.39, 0.29) is 24.6 Å². The SMILES string of the molecule is CCOC(=O)CCNc1ccc2scnc2c1[N+](=O)[O-]. The first kappa shape index (κ1) is 14.2. The van der Waals surface area contributed by atoms with Gasteiger partial charge in [0.25, 0.3) is 0 Å². The number of ether oxygens (including phenoxy) is 1. The first-order valence-corrected chi connectivity index (χ1v) is 6.91. The molecule has 106 valence electrons. The Balaban J connectivity index is 2.15. The molecule has 7 nitrogen and oxygen atoms in total. The van der Waals surface area contributed by atoms with Gasteiger partial charge < -0.3 is 10.1 Å². The summed E-state index contributed by atoms with van der Waals surface area (Å²) in [7, 11) is 0. The number of hydrogen-bond acceptors (Lipinski definition) is 7. The number of carbonyl (C=O) groups is 1. The molecule has 0 saturated carbocycles. The number of nitrogens with zero attached hydrogens (tertiary/aromatic N) is 2. The zero-order valence-corrected chi connectivity index (χ0v) is 11.6. The van der Waals surface area contributed by atoms with E-state index in [1.165, 1.54) is 11.3 Å². The predicted octanol–water partition coefficient (Wildman–Crippen LogP) is 2.57. The third kappa shape index (κ3) is 3.02. The molecule has 1 heterocycles. The highest BCUT2D eigenvalue weighted by atomic mass is 32.1. The molecule has 0 bridgehead atoms. The summed E-state index contributed by atoms with van der Waals surface area (Å²) >= 11 is 1.35. The van der Waals surface area contributed by atoms with Crippen LogP contribution in [0.4, 0.5) is 11.4 Å². The molecule has 0 aliphatic carbocycles. The van der Waals surface area contributed by atoms with Crippen LogP contribution < -0.4 is 5.32 Å². The number of fused-ring (bicyclic) bond motifs is 1. The molecule has 0 amide bonds. The Bertz CT molecular complexity index is 641. The van der Waals surface area contributed by atoms with E-state index in [1.807, 2.05) is 0 Å². The number of hydrogen-bond donors (Lipinski definition) is 1. The molecule has 0 radical (unpaired) electrons. The van der Waals surface area contributed by atoms with Crippen LogP contribution in [0.5, 0.6) is 0 Å². The van der Waals surface area contributed by atoms with Gasteiger partial charge in [-0.3, -0.25) is 14.9 Å². The normalized spacial score (nSPS) is 10.4. The number of nitro benzene ring substituents is 1. The number of aromatic nitrogens is 1. The molecule has 1 N–H and O–H groups in total. The van der Waals surface area contributed by atoms with E-state index in [0.717, 1.165) is 4.70 Å². The van der Waals surface area contributed by atoms with Crippen molar-refractivity contribution in [2.24, 2.45) is 0 Å². The molecule has 20 heavy (non-hydrogen) atoms. The maximum atomic E-state index is 11.2. The lowest BCUT2D eigenvalue weighted by Crippen LogP contribution is -2.12. The number of nitrogens with one attached hydrogen (secondary N) is 1. The second-order valence-electron chi connectivity index (χ2n) is 3.90. The van der Waals surface area contributed by atoms with Gasteiger partial charge in [0.1, 0.15) is 5.69 Å². The predicted molar refractivity (Wildman–Crippen MR) is 76.0 cm³/mol. The fourth-order valence-electron chi connectivity index (χ4n) is 1.78. The van der Waals surface area contributed by atoms with Crippen molar-refractivity contribution in [3.63, 3.8) is 0 Å². The minimum atomic E-state index is -0.464.